The molecule has 1 atom stereocenters. The summed E-state index contributed by atoms with van der Waals surface area (Å²) in [4.78, 5) is 25.7. The van der Waals surface area contributed by atoms with E-state index in [1.54, 1.807) is 6.92 Å². The van der Waals surface area contributed by atoms with Crippen LogP contribution in [0, 0.1) is 11.3 Å². The Hall–Kier alpha value is -1.36. The van der Waals surface area contributed by atoms with E-state index in [0.29, 0.717) is 23.1 Å². The van der Waals surface area contributed by atoms with E-state index in [2.05, 4.69) is 33.0 Å². The molecule has 1 saturated carbocycles. The standard InChI is InChI=1S/C19H29NO3S/c1-6-23-18(22)14-10-15(12(2)11-19(3,4)5)24-17(14)20-16(21)13-8-7-9-13/h10,12-13H,6-9,11H2,1-5H3,(H,20,21)/t12-/m0/s1. The topological polar surface area (TPSA) is 55.4 Å². The minimum atomic E-state index is -0.355. The molecule has 1 aromatic rings. The third-order valence-corrected chi connectivity index (χ3v) is 5.65. The van der Waals surface area contributed by atoms with Crippen molar-refractivity contribution in [3.8, 4) is 0 Å². The van der Waals surface area contributed by atoms with Crippen molar-refractivity contribution in [3.05, 3.63) is 16.5 Å². The fraction of sp³-hybridized carbons (Fsp3) is 0.684. The Morgan fingerprint density at radius 2 is 2.04 bits per heavy atom. The second-order valence-corrected chi connectivity index (χ2v) is 8.98. The van der Waals surface area contributed by atoms with Crippen LogP contribution in [0.4, 0.5) is 5.00 Å². The van der Waals surface area contributed by atoms with Crippen LogP contribution in [0.25, 0.3) is 0 Å². The summed E-state index contributed by atoms with van der Waals surface area (Å²) in [6.07, 6.45) is 4.02. The summed E-state index contributed by atoms with van der Waals surface area (Å²) >= 11 is 1.51. The Kier molecular flexibility index (Phi) is 6.07. The molecule has 1 heterocycles. The number of ether oxygens (including phenoxy) is 1. The maximum atomic E-state index is 12.3. The van der Waals surface area contributed by atoms with Gasteiger partial charge in [0.05, 0.1) is 12.2 Å². The summed E-state index contributed by atoms with van der Waals surface area (Å²) in [5.41, 5.74) is 0.702. The quantitative estimate of drug-likeness (QED) is 0.716. The van der Waals surface area contributed by atoms with Crippen LogP contribution in [-0.4, -0.2) is 18.5 Å². The second kappa shape index (κ2) is 7.68. The van der Waals surface area contributed by atoms with Gasteiger partial charge < -0.3 is 10.1 Å². The molecule has 4 nitrogen and oxygen atoms in total. The maximum absolute atomic E-state index is 12.3. The van der Waals surface area contributed by atoms with Crippen molar-refractivity contribution in [2.75, 3.05) is 11.9 Å². The lowest BCUT2D eigenvalue weighted by Crippen LogP contribution is -2.28. The van der Waals surface area contributed by atoms with Gasteiger partial charge >= 0.3 is 5.97 Å². The predicted octanol–water partition coefficient (Wildman–Crippen LogP) is 5.20. The van der Waals surface area contributed by atoms with Crippen LogP contribution >= 0.6 is 11.3 Å². The number of esters is 1. The first kappa shape index (κ1) is 19.0. The van der Waals surface area contributed by atoms with Crippen LogP contribution in [-0.2, 0) is 9.53 Å². The zero-order valence-electron chi connectivity index (χ0n) is 15.4. The molecule has 0 radical (unpaired) electrons. The Labute approximate surface area is 149 Å². The molecule has 0 saturated heterocycles. The number of amides is 1. The van der Waals surface area contributed by atoms with Crippen LogP contribution in [0.3, 0.4) is 0 Å². The van der Waals surface area contributed by atoms with Crippen LogP contribution in [0.2, 0.25) is 0 Å². The van der Waals surface area contributed by atoms with Crippen LogP contribution < -0.4 is 5.32 Å². The molecular weight excluding hydrogens is 322 g/mol. The first-order chi connectivity index (χ1) is 11.2. The third kappa shape index (κ3) is 4.82. The van der Waals surface area contributed by atoms with Gasteiger partial charge in [0.25, 0.3) is 0 Å². The molecule has 1 aromatic heterocycles. The number of hydrogen-bond acceptors (Lipinski definition) is 4. The average Bonchev–Trinajstić information content (AvgIpc) is 2.78. The molecule has 1 fully saturated rings. The molecule has 24 heavy (non-hydrogen) atoms. The summed E-state index contributed by atoms with van der Waals surface area (Å²) in [6, 6.07) is 1.90. The van der Waals surface area contributed by atoms with E-state index >= 15 is 0 Å². The van der Waals surface area contributed by atoms with Gasteiger partial charge in [0, 0.05) is 10.8 Å². The molecule has 1 aliphatic rings. The smallest absolute Gasteiger partial charge is 0.341 e. The lowest BCUT2D eigenvalue weighted by molar-refractivity contribution is -0.122. The van der Waals surface area contributed by atoms with Gasteiger partial charge in [-0.15, -0.1) is 11.3 Å². The summed E-state index contributed by atoms with van der Waals surface area (Å²) in [6.45, 7) is 10.9. The minimum absolute atomic E-state index is 0.0312. The van der Waals surface area contributed by atoms with Crippen molar-refractivity contribution < 1.29 is 14.3 Å². The van der Waals surface area contributed by atoms with Gasteiger partial charge in [-0.25, -0.2) is 4.79 Å². The summed E-state index contributed by atoms with van der Waals surface area (Å²) < 4.78 is 5.16. The van der Waals surface area contributed by atoms with Gasteiger partial charge in [-0.1, -0.05) is 34.1 Å². The van der Waals surface area contributed by atoms with Crippen molar-refractivity contribution in [3.63, 3.8) is 0 Å². The molecule has 0 bridgehead atoms. The van der Waals surface area contributed by atoms with Gasteiger partial charge in [-0.3, -0.25) is 4.79 Å². The van der Waals surface area contributed by atoms with E-state index in [-0.39, 0.29) is 23.2 Å². The van der Waals surface area contributed by atoms with E-state index in [0.717, 1.165) is 30.6 Å². The fourth-order valence-corrected chi connectivity index (χ4v) is 4.11. The largest absolute Gasteiger partial charge is 0.462 e. The molecule has 0 aromatic carbocycles. The van der Waals surface area contributed by atoms with Crippen molar-refractivity contribution >= 4 is 28.2 Å². The maximum Gasteiger partial charge on any atom is 0.341 e. The molecule has 0 unspecified atom stereocenters. The highest BCUT2D eigenvalue weighted by Crippen LogP contribution is 2.39. The molecule has 1 aliphatic carbocycles. The first-order valence-corrected chi connectivity index (χ1v) is 9.64. The SMILES string of the molecule is CCOC(=O)c1cc([C@@H](C)CC(C)(C)C)sc1NC(=O)C1CCC1. The van der Waals surface area contributed by atoms with E-state index in [1.165, 1.54) is 11.3 Å². The van der Waals surface area contributed by atoms with Gasteiger partial charge in [0.15, 0.2) is 0 Å². The summed E-state index contributed by atoms with van der Waals surface area (Å²) in [5, 5.41) is 3.61. The Bertz CT molecular complexity index is 596. The number of nitrogens with one attached hydrogen (secondary N) is 1. The number of anilines is 1. The molecule has 1 N–H and O–H groups in total. The van der Waals surface area contributed by atoms with Crippen LogP contribution in [0.1, 0.15) is 81.5 Å². The Morgan fingerprint density at radius 3 is 2.54 bits per heavy atom. The van der Waals surface area contributed by atoms with Crippen LogP contribution in [0.5, 0.6) is 0 Å². The van der Waals surface area contributed by atoms with Gasteiger partial charge in [0.2, 0.25) is 5.91 Å². The van der Waals surface area contributed by atoms with Crippen molar-refractivity contribution in [1.29, 1.82) is 0 Å². The lowest BCUT2D eigenvalue weighted by Gasteiger charge is -2.24. The van der Waals surface area contributed by atoms with E-state index in [4.69, 9.17) is 4.74 Å². The molecular formula is C19H29NO3S. The molecule has 0 aliphatic heterocycles. The highest BCUT2D eigenvalue weighted by molar-refractivity contribution is 7.16. The molecule has 5 heteroatoms. The summed E-state index contributed by atoms with van der Waals surface area (Å²) in [5.74, 6) is 0.102. The molecule has 0 spiro atoms. The zero-order valence-corrected chi connectivity index (χ0v) is 16.2. The van der Waals surface area contributed by atoms with Crippen LogP contribution in [0.15, 0.2) is 6.07 Å². The van der Waals surface area contributed by atoms with Crippen molar-refractivity contribution in [1.82, 2.24) is 0 Å². The average molecular weight is 352 g/mol. The normalized spacial score (nSPS) is 16.4. The molecule has 2 rings (SSSR count). The minimum Gasteiger partial charge on any atom is -0.462 e. The van der Waals surface area contributed by atoms with Gasteiger partial charge in [-0.05, 0) is 43.6 Å². The van der Waals surface area contributed by atoms with E-state index < -0.39 is 0 Å². The van der Waals surface area contributed by atoms with Crippen molar-refractivity contribution in [2.24, 2.45) is 11.3 Å². The highest BCUT2D eigenvalue weighted by atomic mass is 32.1. The van der Waals surface area contributed by atoms with Gasteiger partial charge in [-0.2, -0.15) is 0 Å². The lowest BCUT2D eigenvalue weighted by atomic mass is 9.84. The Morgan fingerprint density at radius 1 is 1.38 bits per heavy atom. The molecule has 134 valence electrons. The predicted molar refractivity (Wildman–Crippen MR) is 98.7 cm³/mol. The number of rotatable bonds is 6. The highest BCUT2D eigenvalue weighted by Gasteiger charge is 2.28. The number of hydrogen-bond donors (Lipinski definition) is 1. The Balaban J connectivity index is 2.22. The van der Waals surface area contributed by atoms with Crippen molar-refractivity contribution in [2.45, 2.75) is 66.2 Å². The summed E-state index contributed by atoms with van der Waals surface area (Å²) in [7, 11) is 0. The second-order valence-electron chi connectivity index (χ2n) is 7.89. The number of carbonyl (C=O) groups is 2. The zero-order chi connectivity index (χ0) is 17.9. The number of carbonyl (C=O) groups excluding carboxylic acids is 2. The first-order valence-electron chi connectivity index (χ1n) is 8.83. The molecule has 1 amide bonds. The number of thiophene rings is 1. The van der Waals surface area contributed by atoms with E-state index in [1.807, 2.05) is 6.07 Å². The van der Waals surface area contributed by atoms with E-state index in [9.17, 15) is 9.59 Å². The van der Waals surface area contributed by atoms with Gasteiger partial charge in [0.1, 0.15) is 5.00 Å². The third-order valence-electron chi connectivity index (χ3n) is 4.36. The fourth-order valence-electron chi connectivity index (χ4n) is 3.01. The monoisotopic (exact) mass is 351 g/mol.